The van der Waals surface area contributed by atoms with E-state index in [1.165, 1.54) is 0 Å². The molecule has 0 spiro atoms. The van der Waals surface area contributed by atoms with Gasteiger partial charge in [-0.3, -0.25) is 9.89 Å². The number of aromatic nitrogens is 2. The van der Waals surface area contributed by atoms with Crippen LogP contribution in [0, 0.1) is 0 Å². The normalized spacial score (nSPS) is 17.5. The van der Waals surface area contributed by atoms with Crippen molar-refractivity contribution >= 4 is 16.8 Å². The topological polar surface area (TPSA) is 85.5 Å². The minimum absolute atomic E-state index is 0.0613. The van der Waals surface area contributed by atoms with E-state index in [0.717, 1.165) is 27.9 Å². The Morgan fingerprint density at radius 2 is 2.07 bits per heavy atom. The molecule has 7 nitrogen and oxygen atoms in total. The van der Waals surface area contributed by atoms with Gasteiger partial charge in [0.25, 0.3) is 5.91 Å². The lowest BCUT2D eigenvalue weighted by Gasteiger charge is -2.18. The molecule has 3 aromatic rings. The smallest absolute Gasteiger partial charge is 0.258 e. The number of aromatic amines is 1. The Balaban J connectivity index is 1.71. The lowest BCUT2D eigenvalue weighted by molar-refractivity contribution is -0.124. The molecule has 0 unspecified atom stereocenters. The van der Waals surface area contributed by atoms with E-state index in [-0.39, 0.29) is 18.6 Å². The minimum atomic E-state index is -0.194. The van der Waals surface area contributed by atoms with Gasteiger partial charge in [-0.2, -0.15) is 5.10 Å². The number of hydrogen-bond acceptors (Lipinski definition) is 5. The van der Waals surface area contributed by atoms with Gasteiger partial charge in [-0.15, -0.1) is 0 Å². The highest BCUT2D eigenvalue weighted by Crippen LogP contribution is 2.31. The van der Waals surface area contributed by atoms with Crippen LogP contribution in [-0.4, -0.2) is 49.1 Å². The Kier molecular flexibility index (Phi) is 4.93. The maximum absolute atomic E-state index is 12.2. The summed E-state index contributed by atoms with van der Waals surface area (Å²) in [4.78, 5) is 12.2. The number of fused-ring (bicyclic) bond motifs is 4. The summed E-state index contributed by atoms with van der Waals surface area (Å²) < 4.78 is 16.8. The summed E-state index contributed by atoms with van der Waals surface area (Å²) in [5, 5.41) is 11.4. The molecule has 2 N–H and O–H groups in total. The molecule has 0 radical (unpaired) electrons. The standard InChI is InChI=1S/C20H21N3O4/c1-25-11-14-7-8-26-16-5-6-18-17(10-16)20(23-22-18)13-3-2-4-15(9-13)27-12-19(24)21-14/h2-6,9-10,14H,7-8,11-12H2,1H3,(H,21,24)(H,22,23)/t14-/m1/s1. The molecular formula is C20H21N3O4. The van der Waals surface area contributed by atoms with Gasteiger partial charge in [-0.1, -0.05) is 12.1 Å². The molecule has 1 aliphatic rings. The van der Waals surface area contributed by atoms with E-state index in [9.17, 15) is 4.79 Å². The first kappa shape index (κ1) is 17.4. The zero-order valence-corrected chi connectivity index (χ0v) is 15.0. The number of benzene rings is 2. The zero-order valence-electron chi connectivity index (χ0n) is 15.0. The van der Waals surface area contributed by atoms with Crippen molar-refractivity contribution in [1.82, 2.24) is 15.5 Å². The third kappa shape index (κ3) is 3.88. The van der Waals surface area contributed by atoms with Crippen LogP contribution in [0.5, 0.6) is 11.5 Å². The molecule has 7 heteroatoms. The second-order valence-electron chi connectivity index (χ2n) is 6.45. The molecule has 4 rings (SSSR count). The number of nitrogens with one attached hydrogen (secondary N) is 2. The number of amides is 1. The number of ether oxygens (including phenoxy) is 3. The van der Waals surface area contributed by atoms with Crippen LogP contribution in [0.1, 0.15) is 6.42 Å². The lowest BCUT2D eigenvalue weighted by Crippen LogP contribution is -2.41. The lowest BCUT2D eigenvalue weighted by atomic mass is 10.1. The highest BCUT2D eigenvalue weighted by Gasteiger charge is 2.15. The fourth-order valence-electron chi connectivity index (χ4n) is 3.17. The van der Waals surface area contributed by atoms with Gasteiger partial charge in [-0.05, 0) is 30.3 Å². The first-order valence-electron chi connectivity index (χ1n) is 8.85. The third-order valence-electron chi connectivity index (χ3n) is 4.48. The van der Waals surface area contributed by atoms with Crippen LogP contribution in [0.25, 0.3) is 22.2 Å². The van der Waals surface area contributed by atoms with Crippen LogP contribution < -0.4 is 14.8 Å². The molecule has 0 aliphatic carbocycles. The molecule has 0 fully saturated rings. The quantitative estimate of drug-likeness (QED) is 0.727. The monoisotopic (exact) mass is 367 g/mol. The molecule has 140 valence electrons. The number of carbonyl (C=O) groups excluding carboxylic acids is 1. The summed E-state index contributed by atoms with van der Waals surface area (Å²) in [6.07, 6.45) is 0.629. The fourth-order valence-corrected chi connectivity index (χ4v) is 3.17. The molecule has 0 saturated heterocycles. The summed E-state index contributed by atoms with van der Waals surface area (Å²) in [6, 6.07) is 13.2. The van der Waals surface area contributed by atoms with E-state index in [1.807, 2.05) is 42.5 Å². The van der Waals surface area contributed by atoms with Crippen LogP contribution >= 0.6 is 0 Å². The Morgan fingerprint density at radius 3 is 2.96 bits per heavy atom. The molecule has 1 amide bonds. The van der Waals surface area contributed by atoms with Crippen LogP contribution in [0.3, 0.4) is 0 Å². The Bertz CT molecular complexity index is 953. The first-order valence-corrected chi connectivity index (χ1v) is 8.85. The van der Waals surface area contributed by atoms with E-state index in [1.54, 1.807) is 7.11 Å². The van der Waals surface area contributed by atoms with Crippen molar-refractivity contribution in [2.24, 2.45) is 0 Å². The van der Waals surface area contributed by atoms with Crippen molar-refractivity contribution in [2.45, 2.75) is 12.5 Å². The van der Waals surface area contributed by atoms with Gasteiger partial charge in [0.05, 0.1) is 24.8 Å². The van der Waals surface area contributed by atoms with Crippen molar-refractivity contribution in [3.63, 3.8) is 0 Å². The average molecular weight is 367 g/mol. The highest BCUT2D eigenvalue weighted by atomic mass is 16.5. The maximum atomic E-state index is 12.2. The summed E-state index contributed by atoms with van der Waals surface area (Å²) in [6.45, 7) is 0.811. The molecule has 0 saturated carbocycles. The molecule has 1 aliphatic heterocycles. The molecule has 27 heavy (non-hydrogen) atoms. The summed E-state index contributed by atoms with van der Waals surface area (Å²) in [5.74, 6) is 1.18. The summed E-state index contributed by atoms with van der Waals surface area (Å²) >= 11 is 0. The first-order chi connectivity index (χ1) is 13.2. The van der Waals surface area contributed by atoms with Gasteiger partial charge in [0.2, 0.25) is 0 Å². The highest BCUT2D eigenvalue weighted by molar-refractivity contribution is 5.94. The third-order valence-corrected chi connectivity index (χ3v) is 4.48. The number of carbonyl (C=O) groups is 1. The SMILES string of the molecule is COC[C@H]1CCOc2ccc3[nH]nc(c3c2)-c2cccc(c2)OCC(=O)N1. The minimum Gasteiger partial charge on any atom is -0.493 e. The second-order valence-corrected chi connectivity index (χ2v) is 6.45. The number of nitrogens with zero attached hydrogens (tertiary/aromatic N) is 1. The van der Waals surface area contributed by atoms with Crippen molar-refractivity contribution in [1.29, 1.82) is 0 Å². The van der Waals surface area contributed by atoms with Gasteiger partial charge < -0.3 is 19.5 Å². The van der Waals surface area contributed by atoms with Crippen molar-refractivity contribution in [2.75, 3.05) is 26.9 Å². The van der Waals surface area contributed by atoms with Gasteiger partial charge in [0, 0.05) is 24.5 Å². The van der Waals surface area contributed by atoms with Crippen molar-refractivity contribution in [3.8, 4) is 22.8 Å². The van der Waals surface area contributed by atoms with E-state index in [2.05, 4.69) is 15.5 Å². The van der Waals surface area contributed by atoms with E-state index >= 15 is 0 Å². The Morgan fingerprint density at radius 1 is 1.19 bits per heavy atom. The number of rotatable bonds is 2. The molecular weight excluding hydrogens is 346 g/mol. The predicted molar refractivity (Wildman–Crippen MR) is 101 cm³/mol. The second kappa shape index (κ2) is 7.67. The van der Waals surface area contributed by atoms with Gasteiger partial charge >= 0.3 is 0 Å². The average Bonchev–Trinajstić information content (AvgIpc) is 3.09. The Labute approximate surface area is 156 Å². The van der Waals surface area contributed by atoms with E-state index < -0.39 is 0 Å². The van der Waals surface area contributed by atoms with E-state index in [4.69, 9.17) is 14.2 Å². The van der Waals surface area contributed by atoms with Gasteiger partial charge in [0.15, 0.2) is 6.61 Å². The van der Waals surface area contributed by atoms with Gasteiger partial charge in [0.1, 0.15) is 17.2 Å². The van der Waals surface area contributed by atoms with E-state index in [0.29, 0.717) is 25.4 Å². The van der Waals surface area contributed by atoms with Crippen molar-refractivity contribution < 1.29 is 19.0 Å². The van der Waals surface area contributed by atoms with Crippen molar-refractivity contribution in [3.05, 3.63) is 42.5 Å². The molecule has 4 bridgehead atoms. The number of methoxy groups -OCH3 is 1. The van der Waals surface area contributed by atoms with Crippen LogP contribution in [0.4, 0.5) is 0 Å². The number of H-pyrrole nitrogens is 1. The molecule has 1 aromatic heterocycles. The number of hydrogen-bond donors (Lipinski definition) is 2. The molecule has 2 aromatic carbocycles. The largest absolute Gasteiger partial charge is 0.493 e. The zero-order chi connectivity index (χ0) is 18.6. The van der Waals surface area contributed by atoms with Crippen LogP contribution in [-0.2, 0) is 9.53 Å². The summed E-state index contributed by atoms with van der Waals surface area (Å²) in [5.41, 5.74) is 2.66. The van der Waals surface area contributed by atoms with Crippen LogP contribution in [0.15, 0.2) is 42.5 Å². The Hall–Kier alpha value is -3.06. The predicted octanol–water partition coefficient (Wildman–Crippen LogP) is 2.52. The van der Waals surface area contributed by atoms with Crippen LogP contribution in [0.2, 0.25) is 0 Å². The molecule has 2 heterocycles. The summed E-state index contributed by atoms with van der Waals surface area (Å²) in [7, 11) is 1.61. The maximum Gasteiger partial charge on any atom is 0.258 e. The molecule has 1 atom stereocenters. The van der Waals surface area contributed by atoms with Gasteiger partial charge in [-0.25, -0.2) is 0 Å². The fraction of sp³-hybridized carbons (Fsp3) is 0.300.